The van der Waals surface area contributed by atoms with Gasteiger partial charge in [0.1, 0.15) is 11.4 Å². The Hall–Kier alpha value is -2.05. The number of allylic oxidation sites excluding steroid dienone is 1. The van der Waals surface area contributed by atoms with Crippen LogP contribution in [0.4, 0.5) is 4.79 Å². The molecule has 1 aromatic carbocycles. The maximum Gasteiger partial charge on any atom is 0.408 e. The van der Waals surface area contributed by atoms with Gasteiger partial charge in [0.2, 0.25) is 0 Å². The highest BCUT2D eigenvalue weighted by molar-refractivity contribution is 5.69. The van der Waals surface area contributed by atoms with E-state index in [1.807, 2.05) is 46.8 Å². The van der Waals surface area contributed by atoms with Crippen molar-refractivity contribution in [3.63, 3.8) is 0 Å². The first kappa shape index (κ1) is 27.0. The Labute approximate surface area is 217 Å². The molecule has 2 unspecified atom stereocenters. The van der Waals surface area contributed by atoms with Crippen LogP contribution in [0.5, 0.6) is 5.75 Å². The normalized spacial score (nSPS) is 25.8. The summed E-state index contributed by atoms with van der Waals surface area (Å²) in [4.78, 5) is 12.6. The molecule has 200 valence electrons. The van der Waals surface area contributed by atoms with Crippen LogP contribution in [-0.2, 0) is 20.6 Å². The molecule has 1 aliphatic heterocycles. The van der Waals surface area contributed by atoms with E-state index in [1.54, 1.807) is 5.57 Å². The number of benzene rings is 1. The summed E-state index contributed by atoms with van der Waals surface area (Å²) >= 11 is 0. The molecule has 1 amide bonds. The van der Waals surface area contributed by atoms with Gasteiger partial charge in [0.15, 0.2) is 5.79 Å². The lowest BCUT2D eigenvalue weighted by Crippen LogP contribution is -2.61. The highest BCUT2D eigenvalue weighted by Crippen LogP contribution is 2.59. The van der Waals surface area contributed by atoms with Crippen LogP contribution >= 0.6 is 0 Å². The van der Waals surface area contributed by atoms with Crippen molar-refractivity contribution in [3.8, 4) is 5.75 Å². The van der Waals surface area contributed by atoms with Crippen LogP contribution in [0.1, 0.15) is 79.7 Å². The highest BCUT2D eigenvalue weighted by atomic mass is 16.7. The molecule has 1 heterocycles. The zero-order valence-electron chi connectivity index (χ0n) is 23.2. The van der Waals surface area contributed by atoms with Crippen molar-refractivity contribution in [2.45, 2.75) is 97.5 Å². The largest absolute Gasteiger partial charge is 0.493 e. The third-order valence-corrected chi connectivity index (χ3v) is 8.22. The lowest BCUT2D eigenvalue weighted by Gasteiger charge is -2.56. The second-order valence-electron chi connectivity index (χ2n) is 12.9. The van der Waals surface area contributed by atoms with Crippen LogP contribution in [0.2, 0.25) is 0 Å². The number of hydrogen-bond donors (Lipinski definition) is 1. The molecule has 6 heteroatoms. The van der Waals surface area contributed by atoms with Gasteiger partial charge in [-0.2, -0.15) is 0 Å². The number of ether oxygens (including phenoxy) is 4. The first-order chi connectivity index (χ1) is 16.8. The molecule has 2 atom stereocenters. The smallest absolute Gasteiger partial charge is 0.408 e. The quantitative estimate of drug-likeness (QED) is 0.418. The first-order valence-electron chi connectivity index (χ1n) is 13.5. The summed E-state index contributed by atoms with van der Waals surface area (Å²) in [6.45, 7) is 15.6. The molecule has 0 aromatic heterocycles. The second kappa shape index (κ2) is 10.0. The number of hydrogen-bond acceptors (Lipinski definition) is 5. The van der Waals surface area contributed by atoms with E-state index in [0.29, 0.717) is 25.0 Å². The number of aryl methyl sites for hydroxylation is 1. The van der Waals surface area contributed by atoms with Crippen molar-refractivity contribution in [2.75, 3.05) is 19.8 Å². The summed E-state index contributed by atoms with van der Waals surface area (Å²) < 4.78 is 23.4. The van der Waals surface area contributed by atoms with Crippen LogP contribution in [0.15, 0.2) is 35.9 Å². The number of fused-ring (bicyclic) bond motifs is 1. The number of carbonyl (C=O) groups is 1. The van der Waals surface area contributed by atoms with Gasteiger partial charge in [-0.1, -0.05) is 37.6 Å². The lowest BCUT2D eigenvalue weighted by atomic mass is 9.48. The molecule has 4 aliphatic rings. The van der Waals surface area contributed by atoms with Gasteiger partial charge < -0.3 is 24.3 Å². The zero-order valence-corrected chi connectivity index (χ0v) is 23.2. The zero-order chi connectivity index (χ0) is 26.2. The molecule has 3 aliphatic carbocycles. The van der Waals surface area contributed by atoms with E-state index in [1.165, 1.54) is 18.4 Å². The molecule has 6 nitrogen and oxygen atoms in total. The summed E-state index contributed by atoms with van der Waals surface area (Å²) in [7, 11) is 0. The highest BCUT2D eigenvalue weighted by Gasteiger charge is 2.50. The van der Waals surface area contributed by atoms with Gasteiger partial charge in [-0.15, -0.1) is 0 Å². The number of rotatable bonds is 8. The third-order valence-electron chi connectivity index (χ3n) is 8.22. The molecule has 2 bridgehead atoms. The molecule has 1 saturated heterocycles. The maximum atomic E-state index is 12.6. The van der Waals surface area contributed by atoms with Crippen molar-refractivity contribution in [3.05, 3.63) is 41.5 Å². The molecule has 1 N–H and O–H groups in total. The Bertz CT molecular complexity index is 947. The van der Waals surface area contributed by atoms with Crippen molar-refractivity contribution < 1.29 is 23.7 Å². The van der Waals surface area contributed by atoms with Gasteiger partial charge in [0.05, 0.1) is 25.4 Å². The van der Waals surface area contributed by atoms with Gasteiger partial charge >= 0.3 is 6.09 Å². The van der Waals surface area contributed by atoms with E-state index < -0.39 is 23.0 Å². The summed E-state index contributed by atoms with van der Waals surface area (Å²) in [6.07, 6.45) is 7.04. The lowest BCUT2D eigenvalue weighted by molar-refractivity contribution is -0.271. The predicted octanol–water partition coefficient (Wildman–Crippen LogP) is 6.43. The second-order valence-corrected chi connectivity index (χ2v) is 12.9. The van der Waals surface area contributed by atoms with Gasteiger partial charge in [0, 0.05) is 6.42 Å². The number of amides is 1. The average molecular weight is 500 g/mol. The SMILES string of the molecule is CC(C)(C)OC(=O)NC1(CCc2ccc(OCCC3=CCC4CC3C4(C)C)cc2)COC(C)(C)OC1. The Morgan fingerprint density at radius 3 is 2.31 bits per heavy atom. The summed E-state index contributed by atoms with van der Waals surface area (Å²) in [5, 5.41) is 3.04. The monoisotopic (exact) mass is 499 g/mol. The van der Waals surface area contributed by atoms with Gasteiger partial charge in [-0.05, 0) is 95.2 Å². The Morgan fingerprint density at radius 1 is 1.06 bits per heavy atom. The molecular formula is C30H45NO5. The van der Waals surface area contributed by atoms with Crippen LogP contribution < -0.4 is 10.1 Å². The Morgan fingerprint density at radius 2 is 1.72 bits per heavy atom. The minimum atomic E-state index is -0.665. The molecule has 36 heavy (non-hydrogen) atoms. The van der Waals surface area contributed by atoms with Crippen molar-refractivity contribution >= 4 is 6.09 Å². The fourth-order valence-corrected chi connectivity index (χ4v) is 5.69. The van der Waals surface area contributed by atoms with Crippen LogP contribution in [-0.4, -0.2) is 42.8 Å². The van der Waals surface area contributed by atoms with Crippen molar-refractivity contribution in [1.82, 2.24) is 5.32 Å². The van der Waals surface area contributed by atoms with E-state index in [4.69, 9.17) is 18.9 Å². The standard InChI is InChI=1S/C30H45NO5/c1-27(2,3)36-26(32)31-30(19-34-29(6,7)35-20-30)16-14-21-8-12-24(13-9-21)33-17-15-22-10-11-23-18-25(22)28(23,4)5/h8-10,12-13,23,25H,11,14-20H2,1-7H3,(H,31,32). The first-order valence-corrected chi connectivity index (χ1v) is 13.5. The summed E-state index contributed by atoms with van der Waals surface area (Å²) in [5.74, 6) is 1.84. The van der Waals surface area contributed by atoms with Crippen LogP contribution in [0, 0.1) is 17.3 Å². The maximum absolute atomic E-state index is 12.6. The molecule has 0 spiro atoms. The van der Waals surface area contributed by atoms with Crippen molar-refractivity contribution in [1.29, 1.82) is 0 Å². The Kier molecular flexibility index (Phi) is 7.51. The topological polar surface area (TPSA) is 66.0 Å². The Balaban J connectivity index is 1.29. The number of carbonyl (C=O) groups excluding carboxylic acids is 1. The molecular weight excluding hydrogens is 454 g/mol. The van der Waals surface area contributed by atoms with E-state index in [2.05, 4.69) is 37.4 Å². The number of nitrogens with one attached hydrogen (secondary N) is 1. The van der Waals surface area contributed by atoms with Gasteiger partial charge in [0.25, 0.3) is 0 Å². The fraction of sp³-hybridized carbons (Fsp3) is 0.700. The summed E-state index contributed by atoms with van der Waals surface area (Å²) in [6, 6.07) is 8.28. The molecule has 0 radical (unpaired) electrons. The van der Waals surface area contributed by atoms with Crippen LogP contribution in [0.25, 0.3) is 0 Å². The molecule has 1 aromatic rings. The molecule has 2 fully saturated rings. The minimum absolute atomic E-state index is 0.370. The minimum Gasteiger partial charge on any atom is -0.493 e. The van der Waals surface area contributed by atoms with E-state index in [-0.39, 0.29) is 0 Å². The summed E-state index contributed by atoms with van der Waals surface area (Å²) in [5.41, 5.74) is 2.01. The predicted molar refractivity (Wildman–Crippen MR) is 141 cm³/mol. The van der Waals surface area contributed by atoms with Crippen molar-refractivity contribution in [2.24, 2.45) is 17.3 Å². The van der Waals surface area contributed by atoms with Crippen LogP contribution in [0.3, 0.4) is 0 Å². The van der Waals surface area contributed by atoms with Gasteiger partial charge in [-0.25, -0.2) is 4.79 Å². The van der Waals surface area contributed by atoms with E-state index in [0.717, 1.165) is 37.0 Å². The molecule has 1 saturated carbocycles. The molecule has 5 rings (SSSR count). The van der Waals surface area contributed by atoms with E-state index in [9.17, 15) is 4.79 Å². The van der Waals surface area contributed by atoms with E-state index >= 15 is 0 Å². The third kappa shape index (κ3) is 6.44. The number of alkyl carbamates (subject to hydrolysis) is 1. The fourth-order valence-electron chi connectivity index (χ4n) is 5.69. The van der Waals surface area contributed by atoms with Gasteiger partial charge in [-0.3, -0.25) is 0 Å². The average Bonchev–Trinajstić information content (AvgIpc) is 2.79.